The number of aromatic hydroxyl groups is 1. The Kier molecular flexibility index (Phi) is 11.7. The highest BCUT2D eigenvalue weighted by Gasteiger charge is 2.03. The van der Waals surface area contributed by atoms with Crippen molar-refractivity contribution in [3.8, 4) is 5.75 Å². The van der Waals surface area contributed by atoms with E-state index in [0.29, 0.717) is 5.75 Å². The van der Waals surface area contributed by atoms with Gasteiger partial charge in [-0.05, 0) is 43.4 Å². The molecule has 0 unspecified atom stereocenters. The van der Waals surface area contributed by atoms with Crippen molar-refractivity contribution in [2.24, 2.45) is 0 Å². The first-order valence-corrected chi connectivity index (χ1v) is 10.4. The molecule has 0 aliphatic heterocycles. The van der Waals surface area contributed by atoms with Crippen molar-refractivity contribution in [3.63, 3.8) is 0 Å². The lowest BCUT2D eigenvalue weighted by molar-refractivity contribution is 0.466. The molecule has 0 aliphatic carbocycles. The Hall–Kier alpha value is -0.980. The lowest BCUT2D eigenvalue weighted by Gasteiger charge is -2.08. The Morgan fingerprint density at radius 1 is 0.625 bits per heavy atom. The fraction of sp³-hybridized carbons (Fsp3) is 0.739. The fourth-order valence-electron chi connectivity index (χ4n) is 3.54. The molecule has 0 fully saturated rings. The third-order valence-corrected chi connectivity index (χ3v) is 5.12. The summed E-state index contributed by atoms with van der Waals surface area (Å²) >= 11 is 0. The van der Waals surface area contributed by atoms with Gasteiger partial charge in [0.15, 0.2) is 0 Å². The van der Waals surface area contributed by atoms with E-state index >= 15 is 0 Å². The summed E-state index contributed by atoms with van der Waals surface area (Å²) in [7, 11) is 0. The van der Waals surface area contributed by atoms with E-state index in [1.165, 1.54) is 89.0 Å². The Bertz CT molecular complexity index is 413. The van der Waals surface area contributed by atoms with Crippen LogP contribution in [0.4, 0.5) is 0 Å². The molecule has 0 bridgehead atoms. The van der Waals surface area contributed by atoms with E-state index in [1.807, 2.05) is 13.8 Å². The number of phenolic OH excluding ortho intramolecular Hbond substituents is 1. The van der Waals surface area contributed by atoms with Gasteiger partial charge in [0, 0.05) is 0 Å². The Labute approximate surface area is 150 Å². The van der Waals surface area contributed by atoms with Gasteiger partial charge in [0.2, 0.25) is 0 Å². The molecule has 1 aromatic rings. The number of benzene rings is 1. The number of rotatable bonds is 14. The van der Waals surface area contributed by atoms with Crippen molar-refractivity contribution in [1.82, 2.24) is 0 Å². The van der Waals surface area contributed by atoms with Gasteiger partial charge in [0.25, 0.3) is 0 Å². The van der Waals surface area contributed by atoms with E-state index < -0.39 is 0 Å². The van der Waals surface area contributed by atoms with Crippen LogP contribution in [0.1, 0.15) is 107 Å². The minimum Gasteiger partial charge on any atom is -0.507 e. The average molecular weight is 333 g/mol. The van der Waals surface area contributed by atoms with Crippen LogP contribution in [-0.2, 0) is 6.42 Å². The predicted octanol–water partition coefficient (Wildman–Crippen LogP) is 7.64. The van der Waals surface area contributed by atoms with Crippen LogP contribution >= 0.6 is 0 Å². The molecule has 0 radical (unpaired) electrons. The van der Waals surface area contributed by atoms with Crippen LogP contribution in [0.3, 0.4) is 0 Å². The quantitative estimate of drug-likeness (QED) is 0.347. The van der Waals surface area contributed by atoms with Gasteiger partial charge in [-0.3, -0.25) is 0 Å². The molecule has 0 aliphatic rings. The van der Waals surface area contributed by atoms with Crippen LogP contribution in [-0.4, -0.2) is 5.11 Å². The molecule has 0 heterocycles. The van der Waals surface area contributed by atoms with Gasteiger partial charge in [0.1, 0.15) is 5.75 Å². The minimum absolute atomic E-state index is 0.462. The fourth-order valence-corrected chi connectivity index (χ4v) is 3.54. The molecule has 1 aromatic carbocycles. The number of unbranched alkanes of at least 4 members (excludes halogenated alkanes) is 12. The monoisotopic (exact) mass is 332 g/mol. The van der Waals surface area contributed by atoms with Gasteiger partial charge in [-0.25, -0.2) is 0 Å². The zero-order chi connectivity index (χ0) is 17.6. The molecule has 1 heteroatoms. The maximum Gasteiger partial charge on any atom is 0.121 e. The molecule has 0 saturated carbocycles. The molecule has 138 valence electrons. The number of hydrogen-bond donors (Lipinski definition) is 1. The number of phenols is 1. The van der Waals surface area contributed by atoms with Crippen molar-refractivity contribution in [3.05, 3.63) is 28.8 Å². The minimum atomic E-state index is 0.462. The molecule has 1 N–H and O–H groups in total. The number of aryl methyl sites for hydroxylation is 3. The van der Waals surface area contributed by atoms with Crippen molar-refractivity contribution in [1.29, 1.82) is 0 Å². The maximum atomic E-state index is 9.81. The van der Waals surface area contributed by atoms with Crippen molar-refractivity contribution in [2.45, 2.75) is 111 Å². The molecule has 1 nitrogen and oxygen atoms in total. The predicted molar refractivity (Wildman–Crippen MR) is 107 cm³/mol. The van der Waals surface area contributed by atoms with Crippen LogP contribution in [0.5, 0.6) is 5.75 Å². The summed E-state index contributed by atoms with van der Waals surface area (Å²) < 4.78 is 0. The molecule has 0 spiro atoms. The highest BCUT2D eigenvalue weighted by atomic mass is 16.3. The van der Waals surface area contributed by atoms with E-state index in [1.54, 1.807) is 0 Å². The largest absolute Gasteiger partial charge is 0.507 e. The van der Waals surface area contributed by atoms with Crippen molar-refractivity contribution >= 4 is 0 Å². The molecule has 0 amide bonds. The molecule has 0 saturated heterocycles. The Balaban J connectivity index is 1.92. The second-order valence-electron chi connectivity index (χ2n) is 7.57. The lowest BCUT2D eigenvalue weighted by Crippen LogP contribution is -1.90. The van der Waals surface area contributed by atoms with Crippen LogP contribution in [0, 0.1) is 13.8 Å². The summed E-state index contributed by atoms with van der Waals surface area (Å²) in [6.07, 6.45) is 19.4. The van der Waals surface area contributed by atoms with Gasteiger partial charge in [-0.2, -0.15) is 0 Å². The summed E-state index contributed by atoms with van der Waals surface area (Å²) in [4.78, 5) is 0. The second-order valence-corrected chi connectivity index (χ2v) is 7.57. The topological polar surface area (TPSA) is 20.2 Å². The van der Waals surface area contributed by atoms with E-state index in [2.05, 4.69) is 19.1 Å². The van der Waals surface area contributed by atoms with E-state index in [-0.39, 0.29) is 0 Å². The van der Waals surface area contributed by atoms with Crippen LogP contribution in [0.2, 0.25) is 0 Å². The zero-order valence-corrected chi connectivity index (χ0v) is 16.5. The van der Waals surface area contributed by atoms with Gasteiger partial charge < -0.3 is 5.11 Å². The van der Waals surface area contributed by atoms with Crippen LogP contribution in [0.15, 0.2) is 12.1 Å². The summed E-state index contributed by atoms with van der Waals surface area (Å²) in [5.74, 6) is 0.462. The van der Waals surface area contributed by atoms with Gasteiger partial charge >= 0.3 is 0 Å². The van der Waals surface area contributed by atoms with Crippen molar-refractivity contribution in [2.75, 3.05) is 0 Å². The highest BCUT2D eigenvalue weighted by molar-refractivity contribution is 5.42. The summed E-state index contributed by atoms with van der Waals surface area (Å²) in [6, 6.07) is 4.28. The van der Waals surface area contributed by atoms with E-state index in [4.69, 9.17) is 0 Å². The third-order valence-electron chi connectivity index (χ3n) is 5.12. The van der Waals surface area contributed by atoms with E-state index in [0.717, 1.165) is 17.5 Å². The molecular weight excluding hydrogens is 292 g/mol. The first kappa shape index (κ1) is 21.1. The molecule has 0 aromatic heterocycles. The van der Waals surface area contributed by atoms with Crippen LogP contribution in [0.25, 0.3) is 0 Å². The first-order chi connectivity index (χ1) is 11.6. The highest BCUT2D eigenvalue weighted by Crippen LogP contribution is 2.24. The third kappa shape index (κ3) is 9.35. The summed E-state index contributed by atoms with van der Waals surface area (Å²) in [6.45, 7) is 6.28. The smallest absolute Gasteiger partial charge is 0.121 e. The first-order valence-electron chi connectivity index (χ1n) is 10.4. The van der Waals surface area contributed by atoms with Crippen LogP contribution < -0.4 is 0 Å². The normalized spacial score (nSPS) is 11.1. The van der Waals surface area contributed by atoms with Gasteiger partial charge in [-0.15, -0.1) is 0 Å². The van der Waals surface area contributed by atoms with Gasteiger partial charge in [0.05, 0.1) is 0 Å². The molecule has 24 heavy (non-hydrogen) atoms. The summed E-state index contributed by atoms with van der Waals surface area (Å²) in [5.41, 5.74) is 3.41. The van der Waals surface area contributed by atoms with Gasteiger partial charge in [-0.1, -0.05) is 96.1 Å². The van der Waals surface area contributed by atoms with E-state index in [9.17, 15) is 5.11 Å². The maximum absolute atomic E-state index is 9.81. The zero-order valence-electron chi connectivity index (χ0n) is 16.5. The standard InChI is InChI=1S/C23H40O/c1-4-5-6-7-8-9-10-11-12-13-14-15-16-17-22-18-20(2)23(24)21(3)19-22/h18-19,24H,4-17H2,1-3H3. The molecule has 0 atom stereocenters. The number of hydrogen-bond acceptors (Lipinski definition) is 1. The Morgan fingerprint density at radius 3 is 1.42 bits per heavy atom. The molecular formula is C23H40O. The summed E-state index contributed by atoms with van der Waals surface area (Å²) in [5, 5.41) is 9.81. The molecule has 1 rings (SSSR count). The SMILES string of the molecule is CCCCCCCCCCCCCCCc1cc(C)c(O)c(C)c1. The Morgan fingerprint density at radius 2 is 1.00 bits per heavy atom. The average Bonchev–Trinajstić information content (AvgIpc) is 2.56. The lowest BCUT2D eigenvalue weighted by atomic mass is 10.00. The van der Waals surface area contributed by atoms with Crippen molar-refractivity contribution < 1.29 is 5.11 Å². The second kappa shape index (κ2) is 13.3.